The molecule has 7 nitrogen and oxygen atoms in total. The summed E-state index contributed by atoms with van der Waals surface area (Å²) in [7, 11) is 2.08. The van der Waals surface area contributed by atoms with Crippen molar-refractivity contribution in [3.05, 3.63) is 95.2 Å². The second kappa shape index (κ2) is 14.2. The summed E-state index contributed by atoms with van der Waals surface area (Å²) >= 11 is 11.9. The highest BCUT2D eigenvalue weighted by Gasteiger charge is 2.42. The van der Waals surface area contributed by atoms with Gasteiger partial charge in [-0.2, -0.15) is 0 Å². The fraction of sp³-hybridized carbons (Fsp3) is 0.389. The number of alkyl halides is 2. The number of halogens is 2. The van der Waals surface area contributed by atoms with E-state index >= 15 is 0 Å². The summed E-state index contributed by atoms with van der Waals surface area (Å²) in [6, 6.07) is 24.7. The Morgan fingerprint density at radius 1 is 0.956 bits per heavy atom. The second-order valence-corrected chi connectivity index (χ2v) is 12.5. The molecule has 6 rings (SSSR count). The largest absolute Gasteiger partial charge is 0.466 e. The lowest BCUT2D eigenvalue weighted by Crippen LogP contribution is -2.51. The van der Waals surface area contributed by atoms with Crippen molar-refractivity contribution >= 4 is 57.4 Å². The first-order valence-corrected chi connectivity index (χ1v) is 16.9. The highest BCUT2D eigenvalue weighted by Crippen LogP contribution is 2.44. The molecule has 2 aliphatic rings. The van der Waals surface area contributed by atoms with Crippen LogP contribution < -0.4 is 9.80 Å². The van der Waals surface area contributed by atoms with Gasteiger partial charge < -0.3 is 24.0 Å². The number of anilines is 2. The standard InChI is InChI=1S/C36H40Cl2N4O3/c1-39-31-11-4-3-10-30(31)36(44)42-22-18-29-28-9-2-5-12-32(28)41(34(29)35(39)42)21-7-25-45-33(43)13-6-8-26-14-16-27(17-15-26)40(23-19-37)24-20-38/h2-5,9-12,14-17,35H,6-8,13,18-25H2,1H3. The van der Waals surface area contributed by atoms with Crippen LogP contribution >= 0.6 is 23.2 Å². The summed E-state index contributed by atoms with van der Waals surface area (Å²) in [5.74, 6) is 1.03. The van der Waals surface area contributed by atoms with E-state index in [0.717, 1.165) is 54.8 Å². The zero-order chi connectivity index (χ0) is 31.3. The van der Waals surface area contributed by atoms with Gasteiger partial charge in [0.15, 0.2) is 0 Å². The van der Waals surface area contributed by atoms with Crippen LogP contribution in [0.2, 0.25) is 0 Å². The van der Waals surface area contributed by atoms with Gasteiger partial charge in [-0.25, -0.2) is 0 Å². The van der Waals surface area contributed by atoms with E-state index in [1.807, 2.05) is 29.2 Å². The third kappa shape index (κ3) is 6.38. The molecule has 9 heteroatoms. The fourth-order valence-electron chi connectivity index (χ4n) is 6.91. The van der Waals surface area contributed by atoms with Crippen LogP contribution in [0.1, 0.15) is 52.6 Å². The van der Waals surface area contributed by atoms with Gasteiger partial charge in [-0.3, -0.25) is 9.59 Å². The van der Waals surface area contributed by atoms with E-state index in [9.17, 15) is 9.59 Å². The zero-order valence-corrected chi connectivity index (χ0v) is 27.3. The molecule has 0 bridgehead atoms. The van der Waals surface area contributed by atoms with Crippen LogP contribution in [0, 0.1) is 0 Å². The molecule has 4 aromatic rings. The highest BCUT2D eigenvalue weighted by molar-refractivity contribution is 6.18. The molecule has 0 spiro atoms. The number of para-hydroxylation sites is 2. The Labute approximate surface area is 275 Å². The predicted octanol–water partition coefficient (Wildman–Crippen LogP) is 7.03. The lowest BCUT2D eigenvalue weighted by Gasteiger charge is -2.46. The maximum Gasteiger partial charge on any atom is 0.305 e. The normalized spacial score (nSPS) is 15.5. The van der Waals surface area contributed by atoms with Crippen LogP contribution in [0.25, 0.3) is 10.9 Å². The number of aromatic nitrogens is 1. The number of amides is 1. The number of hydrogen-bond acceptors (Lipinski definition) is 5. The highest BCUT2D eigenvalue weighted by atomic mass is 35.5. The zero-order valence-electron chi connectivity index (χ0n) is 25.8. The van der Waals surface area contributed by atoms with Crippen molar-refractivity contribution < 1.29 is 14.3 Å². The van der Waals surface area contributed by atoms with Gasteiger partial charge in [-0.1, -0.05) is 42.5 Å². The van der Waals surface area contributed by atoms with Crippen molar-refractivity contribution in [1.29, 1.82) is 0 Å². The van der Waals surface area contributed by atoms with E-state index in [4.69, 9.17) is 27.9 Å². The number of ether oxygens (including phenoxy) is 1. The van der Waals surface area contributed by atoms with Crippen molar-refractivity contribution in [3.63, 3.8) is 0 Å². The number of carbonyl (C=O) groups is 2. The molecule has 1 aromatic heterocycles. The maximum absolute atomic E-state index is 13.6. The van der Waals surface area contributed by atoms with Gasteiger partial charge in [0.2, 0.25) is 0 Å². The Balaban J connectivity index is 1.06. The fourth-order valence-corrected chi connectivity index (χ4v) is 7.32. The van der Waals surface area contributed by atoms with E-state index in [1.54, 1.807) is 0 Å². The number of aryl methyl sites for hydroxylation is 2. The minimum absolute atomic E-state index is 0.0839. The Kier molecular flexibility index (Phi) is 9.86. The van der Waals surface area contributed by atoms with E-state index in [0.29, 0.717) is 44.3 Å². The lowest BCUT2D eigenvalue weighted by atomic mass is 9.96. The van der Waals surface area contributed by atoms with Gasteiger partial charge in [0.1, 0.15) is 6.17 Å². The first kappa shape index (κ1) is 31.3. The van der Waals surface area contributed by atoms with Crippen molar-refractivity contribution in [3.8, 4) is 0 Å². The molecule has 0 fully saturated rings. The van der Waals surface area contributed by atoms with E-state index in [1.165, 1.54) is 22.2 Å². The van der Waals surface area contributed by atoms with Gasteiger partial charge in [0.05, 0.1) is 23.6 Å². The summed E-state index contributed by atoms with van der Waals surface area (Å²) in [6.45, 7) is 3.26. The third-order valence-electron chi connectivity index (χ3n) is 9.05. The molecule has 1 amide bonds. The first-order valence-electron chi connectivity index (χ1n) is 15.9. The average Bonchev–Trinajstić information content (AvgIpc) is 3.39. The molecule has 0 N–H and O–H groups in total. The Hall–Kier alpha value is -3.68. The minimum Gasteiger partial charge on any atom is -0.466 e. The number of fused-ring (bicyclic) bond motifs is 6. The lowest BCUT2D eigenvalue weighted by molar-refractivity contribution is -0.143. The Morgan fingerprint density at radius 3 is 2.47 bits per heavy atom. The molecule has 3 aromatic carbocycles. The molecule has 45 heavy (non-hydrogen) atoms. The number of benzene rings is 3. The smallest absolute Gasteiger partial charge is 0.305 e. The van der Waals surface area contributed by atoms with Crippen molar-refractivity contribution in [1.82, 2.24) is 9.47 Å². The van der Waals surface area contributed by atoms with Crippen LogP contribution in [-0.4, -0.2) is 66.4 Å². The summed E-state index contributed by atoms with van der Waals surface area (Å²) in [4.78, 5) is 32.6. The van der Waals surface area contributed by atoms with Crippen molar-refractivity contribution in [2.24, 2.45) is 0 Å². The molecule has 3 heterocycles. The van der Waals surface area contributed by atoms with Crippen LogP contribution in [0.4, 0.5) is 11.4 Å². The van der Waals surface area contributed by atoms with Crippen LogP contribution in [-0.2, 0) is 28.9 Å². The summed E-state index contributed by atoms with van der Waals surface area (Å²) < 4.78 is 8.02. The predicted molar refractivity (Wildman–Crippen MR) is 183 cm³/mol. The van der Waals surface area contributed by atoms with E-state index in [2.05, 4.69) is 69.9 Å². The number of carbonyl (C=O) groups excluding carboxylic acids is 2. The molecule has 0 aliphatic carbocycles. The van der Waals surface area contributed by atoms with Gasteiger partial charge in [0, 0.05) is 68.0 Å². The van der Waals surface area contributed by atoms with Crippen molar-refractivity contribution in [2.45, 2.75) is 44.8 Å². The number of rotatable bonds is 13. The summed E-state index contributed by atoms with van der Waals surface area (Å²) in [5, 5.41) is 1.24. The molecule has 0 saturated heterocycles. The van der Waals surface area contributed by atoms with Crippen molar-refractivity contribution in [2.75, 3.05) is 54.8 Å². The topological polar surface area (TPSA) is 58.0 Å². The summed E-state index contributed by atoms with van der Waals surface area (Å²) in [6.07, 6.45) is 3.27. The monoisotopic (exact) mass is 646 g/mol. The first-order chi connectivity index (χ1) is 22.0. The second-order valence-electron chi connectivity index (χ2n) is 11.7. The molecule has 0 saturated carbocycles. The molecular weight excluding hydrogens is 607 g/mol. The number of nitrogens with zero attached hydrogens (tertiary/aromatic N) is 4. The molecular formula is C36H40Cl2N4O3. The quantitative estimate of drug-likeness (QED) is 0.0887. The third-order valence-corrected chi connectivity index (χ3v) is 9.39. The van der Waals surface area contributed by atoms with Gasteiger partial charge >= 0.3 is 5.97 Å². The van der Waals surface area contributed by atoms with Gasteiger partial charge in [-0.05, 0) is 67.1 Å². The van der Waals surface area contributed by atoms with Crippen LogP contribution in [0.3, 0.4) is 0 Å². The van der Waals surface area contributed by atoms with E-state index < -0.39 is 0 Å². The number of hydrogen-bond donors (Lipinski definition) is 0. The molecule has 1 atom stereocenters. The molecule has 1 unspecified atom stereocenters. The molecule has 0 radical (unpaired) electrons. The summed E-state index contributed by atoms with van der Waals surface area (Å²) in [5.41, 5.74) is 7.64. The van der Waals surface area contributed by atoms with E-state index in [-0.39, 0.29) is 18.0 Å². The SMILES string of the molecule is CN1c2ccccc2C(=O)N2CCc3c(n(CCCOC(=O)CCCc4ccc(N(CCCl)CCCl)cc4)c4ccccc34)C21. The molecule has 2 aliphatic heterocycles. The Bertz CT molecular complexity index is 1650. The minimum atomic E-state index is -0.177. The van der Waals surface area contributed by atoms with Gasteiger partial charge in [-0.15, -0.1) is 23.2 Å². The van der Waals surface area contributed by atoms with Crippen LogP contribution in [0.15, 0.2) is 72.8 Å². The Morgan fingerprint density at radius 2 is 1.69 bits per heavy atom. The average molecular weight is 648 g/mol. The maximum atomic E-state index is 13.6. The number of esters is 1. The molecule has 236 valence electrons. The van der Waals surface area contributed by atoms with Crippen LogP contribution in [0.5, 0.6) is 0 Å². The van der Waals surface area contributed by atoms with Gasteiger partial charge in [0.25, 0.3) is 5.91 Å².